The fourth-order valence-electron chi connectivity index (χ4n) is 1.34. The number of benzene rings is 1. The minimum Gasteiger partial charge on any atom is -0.494 e. The van der Waals surface area contributed by atoms with Gasteiger partial charge in [0.15, 0.2) is 0 Å². The zero-order chi connectivity index (χ0) is 11.6. The van der Waals surface area contributed by atoms with Crippen LogP contribution in [0.4, 0.5) is 0 Å². The quantitative estimate of drug-likeness (QED) is 0.623. The van der Waals surface area contributed by atoms with E-state index < -0.39 is 0 Å². The SMILES string of the molecule is CCCCOCc1ccc(OCCC)cc1. The first-order valence-electron chi connectivity index (χ1n) is 6.16. The van der Waals surface area contributed by atoms with E-state index in [9.17, 15) is 0 Å². The molecule has 0 bridgehead atoms. The van der Waals surface area contributed by atoms with E-state index in [0.717, 1.165) is 31.8 Å². The summed E-state index contributed by atoms with van der Waals surface area (Å²) in [4.78, 5) is 0. The van der Waals surface area contributed by atoms with Gasteiger partial charge in [-0.05, 0) is 30.5 Å². The highest BCUT2D eigenvalue weighted by molar-refractivity contribution is 5.26. The molecule has 1 aromatic rings. The average Bonchev–Trinajstić information content (AvgIpc) is 2.33. The van der Waals surface area contributed by atoms with Crippen LogP contribution >= 0.6 is 0 Å². The van der Waals surface area contributed by atoms with E-state index in [-0.39, 0.29) is 0 Å². The monoisotopic (exact) mass is 222 g/mol. The lowest BCUT2D eigenvalue weighted by Gasteiger charge is -2.06. The molecule has 0 radical (unpaired) electrons. The summed E-state index contributed by atoms with van der Waals surface area (Å²) in [6, 6.07) is 8.15. The minimum absolute atomic E-state index is 0.702. The molecule has 2 nitrogen and oxygen atoms in total. The van der Waals surface area contributed by atoms with Gasteiger partial charge >= 0.3 is 0 Å². The Morgan fingerprint density at radius 2 is 1.69 bits per heavy atom. The highest BCUT2D eigenvalue weighted by atomic mass is 16.5. The van der Waals surface area contributed by atoms with Crippen LogP contribution in [-0.4, -0.2) is 13.2 Å². The number of rotatable bonds is 8. The summed E-state index contributed by atoms with van der Waals surface area (Å²) in [5.74, 6) is 0.944. The van der Waals surface area contributed by atoms with Crippen LogP contribution in [0.3, 0.4) is 0 Å². The first-order valence-corrected chi connectivity index (χ1v) is 6.16. The molecule has 0 unspecified atom stereocenters. The van der Waals surface area contributed by atoms with Crippen LogP contribution in [0.25, 0.3) is 0 Å². The number of unbranched alkanes of at least 4 members (excludes halogenated alkanes) is 1. The lowest BCUT2D eigenvalue weighted by molar-refractivity contribution is 0.118. The molecular formula is C14H22O2. The Hall–Kier alpha value is -1.02. The van der Waals surface area contributed by atoms with Crippen molar-refractivity contribution in [2.75, 3.05) is 13.2 Å². The summed E-state index contributed by atoms with van der Waals surface area (Å²) in [6.07, 6.45) is 3.36. The standard InChI is InChI=1S/C14H22O2/c1-3-5-11-15-12-13-6-8-14(9-7-13)16-10-4-2/h6-9H,3-5,10-12H2,1-2H3. The van der Waals surface area contributed by atoms with E-state index >= 15 is 0 Å². The van der Waals surface area contributed by atoms with E-state index in [0.29, 0.717) is 6.61 Å². The molecule has 16 heavy (non-hydrogen) atoms. The maximum Gasteiger partial charge on any atom is 0.119 e. The lowest BCUT2D eigenvalue weighted by atomic mass is 10.2. The molecule has 0 saturated heterocycles. The lowest BCUT2D eigenvalue weighted by Crippen LogP contribution is -1.97. The summed E-state index contributed by atoms with van der Waals surface area (Å²) < 4.78 is 11.1. The zero-order valence-corrected chi connectivity index (χ0v) is 10.4. The summed E-state index contributed by atoms with van der Waals surface area (Å²) >= 11 is 0. The van der Waals surface area contributed by atoms with E-state index in [1.54, 1.807) is 0 Å². The van der Waals surface area contributed by atoms with Crippen molar-refractivity contribution in [1.82, 2.24) is 0 Å². The zero-order valence-electron chi connectivity index (χ0n) is 10.4. The molecule has 0 N–H and O–H groups in total. The molecule has 0 amide bonds. The van der Waals surface area contributed by atoms with Gasteiger partial charge in [0, 0.05) is 6.61 Å². The van der Waals surface area contributed by atoms with Gasteiger partial charge in [-0.15, -0.1) is 0 Å². The van der Waals surface area contributed by atoms with Gasteiger partial charge in [-0.2, -0.15) is 0 Å². The van der Waals surface area contributed by atoms with Crippen LogP contribution in [0.5, 0.6) is 5.75 Å². The molecule has 0 saturated carbocycles. The van der Waals surface area contributed by atoms with Crippen LogP contribution in [0.1, 0.15) is 38.7 Å². The van der Waals surface area contributed by atoms with Crippen LogP contribution in [0.2, 0.25) is 0 Å². The van der Waals surface area contributed by atoms with Crippen molar-refractivity contribution in [3.63, 3.8) is 0 Å². The molecule has 0 fully saturated rings. The predicted molar refractivity (Wildman–Crippen MR) is 66.8 cm³/mol. The minimum atomic E-state index is 0.702. The van der Waals surface area contributed by atoms with Crippen molar-refractivity contribution in [1.29, 1.82) is 0 Å². The van der Waals surface area contributed by atoms with Crippen LogP contribution < -0.4 is 4.74 Å². The summed E-state index contributed by atoms with van der Waals surface area (Å²) in [5, 5.41) is 0. The molecule has 1 aromatic carbocycles. The molecule has 0 aliphatic rings. The van der Waals surface area contributed by atoms with Gasteiger partial charge in [0.2, 0.25) is 0 Å². The maximum atomic E-state index is 5.54. The summed E-state index contributed by atoms with van der Waals surface area (Å²) in [6.45, 7) is 6.62. The van der Waals surface area contributed by atoms with Gasteiger partial charge in [-0.25, -0.2) is 0 Å². The molecule has 0 aliphatic heterocycles. The molecule has 0 atom stereocenters. The van der Waals surface area contributed by atoms with Gasteiger partial charge in [0.25, 0.3) is 0 Å². The van der Waals surface area contributed by atoms with Gasteiger partial charge in [-0.3, -0.25) is 0 Å². The summed E-state index contributed by atoms with van der Waals surface area (Å²) in [7, 11) is 0. The molecule has 2 heteroatoms. The first-order chi connectivity index (χ1) is 7.86. The van der Waals surface area contributed by atoms with E-state index in [2.05, 4.69) is 26.0 Å². The van der Waals surface area contributed by atoms with Crippen molar-refractivity contribution in [3.8, 4) is 5.75 Å². The Bertz CT molecular complexity index is 267. The molecule has 0 spiro atoms. The normalized spacial score (nSPS) is 10.4. The number of hydrogen-bond donors (Lipinski definition) is 0. The highest BCUT2D eigenvalue weighted by Gasteiger charge is 1.95. The summed E-state index contributed by atoms with van der Waals surface area (Å²) in [5.41, 5.74) is 1.21. The van der Waals surface area contributed by atoms with Crippen LogP contribution in [0.15, 0.2) is 24.3 Å². The number of ether oxygens (including phenoxy) is 2. The second-order valence-corrected chi connectivity index (χ2v) is 3.90. The Balaban J connectivity index is 2.27. The average molecular weight is 222 g/mol. The van der Waals surface area contributed by atoms with Crippen molar-refractivity contribution >= 4 is 0 Å². The fourth-order valence-corrected chi connectivity index (χ4v) is 1.34. The molecule has 90 valence electrons. The third kappa shape index (κ3) is 5.17. The highest BCUT2D eigenvalue weighted by Crippen LogP contribution is 2.13. The molecule has 1 rings (SSSR count). The molecule has 0 aromatic heterocycles. The Labute approximate surface area is 98.6 Å². The van der Waals surface area contributed by atoms with Gasteiger partial charge < -0.3 is 9.47 Å². The van der Waals surface area contributed by atoms with E-state index in [1.807, 2.05) is 12.1 Å². The largest absolute Gasteiger partial charge is 0.494 e. The molecule has 0 aliphatic carbocycles. The third-order valence-corrected chi connectivity index (χ3v) is 2.31. The van der Waals surface area contributed by atoms with Gasteiger partial charge in [0.1, 0.15) is 5.75 Å². The maximum absolute atomic E-state index is 5.54. The van der Waals surface area contributed by atoms with Crippen LogP contribution in [0, 0.1) is 0 Å². The Morgan fingerprint density at radius 3 is 2.31 bits per heavy atom. The third-order valence-electron chi connectivity index (χ3n) is 2.31. The number of hydrogen-bond acceptors (Lipinski definition) is 2. The molecular weight excluding hydrogens is 200 g/mol. The second kappa shape index (κ2) is 8.17. The van der Waals surface area contributed by atoms with Crippen LogP contribution in [-0.2, 0) is 11.3 Å². The van der Waals surface area contributed by atoms with E-state index in [1.165, 1.54) is 12.0 Å². The Kier molecular flexibility index (Phi) is 6.66. The first kappa shape index (κ1) is 13.0. The van der Waals surface area contributed by atoms with Crippen molar-refractivity contribution in [2.45, 2.75) is 39.7 Å². The van der Waals surface area contributed by atoms with Gasteiger partial charge in [0.05, 0.1) is 13.2 Å². The van der Waals surface area contributed by atoms with Crippen molar-refractivity contribution < 1.29 is 9.47 Å². The Morgan fingerprint density at radius 1 is 0.938 bits per heavy atom. The second-order valence-electron chi connectivity index (χ2n) is 3.90. The molecule has 0 heterocycles. The van der Waals surface area contributed by atoms with E-state index in [4.69, 9.17) is 9.47 Å². The van der Waals surface area contributed by atoms with Gasteiger partial charge in [-0.1, -0.05) is 32.4 Å². The fraction of sp³-hybridized carbons (Fsp3) is 0.571. The topological polar surface area (TPSA) is 18.5 Å². The van der Waals surface area contributed by atoms with Crippen molar-refractivity contribution in [2.24, 2.45) is 0 Å². The smallest absolute Gasteiger partial charge is 0.119 e. The predicted octanol–water partition coefficient (Wildman–Crippen LogP) is 3.79. The van der Waals surface area contributed by atoms with Crippen molar-refractivity contribution in [3.05, 3.63) is 29.8 Å².